The Morgan fingerprint density at radius 2 is 1.75 bits per heavy atom. The lowest BCUT2D eigenvalue weighted by Crippen LogP contribution is -2.54. The van der Waals surface area contributed by atoms with Crippen LogP contribution in [0.4, 0.5) is 4.79 Å². The van der Waals surface area contributed by atoms with E-state index < -0.39 is 29.1 Å². The summed E-state index contributed by atoms with van der Waals surface area (Å²) in [7, 11) is 4.23. The first-order valence-corrected chi connectivity index (χ1v) is 13.7. The SMILES string of the molecule is C=CCN1C(=O)NC(=O)C(=Cc2ccc(Oc3nc4c(c(=O)n(C)c(=O)n4C)n3Cc3ccc(Cl)cc3Cl)c(OC)c2)C1=O. The Balaban J connectivity index is 1.59. The third kappa shape index (κ3) is 5.38. The molecular formula is C29H24Cl2N6O7. The van der Waals surface area contributed by atoms with Crippen LogP contribution in [0.3, 0.4) is 0 Å². The maximum absolute atomic E-state index is 13.3. The van der Waals surface area contributed by atoms with E-state index in [1.165, 1.54) is 54.6 Å². The predicted molar refractivity (Wildman–Crippen MR) is 162 cm³/mol. The van der Waals surface area contributed by atoms with Gasteiger partial charge < -0.3 is 9.47 Å². The topological polar surface area (TPSA) is 147 Å². The number of halogens is 2. The van der Waals surface area contributed by atoms with Gasteiger partial charge >= 0.3 is 17.7 Å². The first-order valence-electron chi connectivity index (χ1n) is 12.9. The molecule has 1 N–H and O–H groups in total. The molecule has 0 unspecified atom stereocenters. The van der Waals surface area contributed by atoms with Gasteiger partial charge in [0.25, 0.3) is 17.4 Å². The van der Waals surface area contributed by atoms with E-state index >= 15 is 0 Å². The molecule has 0 bridgehead atoms. The summed E-state index contributed by atoms with van der Waals surface area (Å²) in [6.07, 6.45) is 2.67. The van der Waals surface area contributed by atoms with E-state index in [0.717, 1.165) is 9.47 Å². The van der Waals surface area contributed by atoms with E-state index in [1.807, 2.05) is 0 Å². The van der Waals surface area contributed by atoms with Crippen LogP contribution in [-0.4, -0.2) is 55.1 Å². The summed E-state index contributed by atoms with van der Waals surface area (Å²) in [5.74, 6) is -1.27. The molecule has 2 aromatic heterocycles. The number of carbonyl (C=O) groups excluding carboxylic acids is 3. The summed E-state index contributed by atoms with van der Waals surface area (Å²) >= 11 is 12.5. The molecule has 3 heterocycles. The highest BCUT2D eigenvalue weighted by atomic mass is 35.5. The van der Waals surface area contributed by atoms with E-state index in [0.29, 0.717) is 21.2 Å². The maximum Gasteiger partial charge on any atom is 0.332 e. The number of nitrogens with one attached hydrogen (secondary N) is 1. The van der Waals surface area contributed by atoms with Gasteiger partial charge in [-0.1, -0.05) is 41.4 Å². The standard InChI is InChI=1S/C29H24Cl2N6O7/c1-5-10-36-25(39)18(24(38)33-27(36)41)11-15-6-9-20(21(12-15)43-4)44-28-32-23-22(26(40)35(3)29(42)34(23)2)37(28)14-16-7-8-17(30)13-19(16)31/h5-9,11-13H,1,10,14H2,2-4H3,(H,33,38,41). The molecule has 5 rings (SSSR count). The number of fused-ring (bicyclic) bond motifs is 1. The third-order valence-corrected chi connectivity index (χ3v) is 7.44. The number of urea groups is 1. The Labute approximate surface area is 259 Å². The number of hydrogen-bond acceptors (Lipinski definition) is 8. The summed E-state index contributed by atoms with van der Waals surface area (Å²) in [6, 6.07) is 8.60. The summed E-state index contributed by atoms with van der Waals surface area (Å²) in [6.45, 7) is 3.48. The minimum atomic E-state index is -0.846. The van der Waals surface area contributed by atoms with Crippen molar-refractivity contribution in [2.24, 2.45) is 14.1 Å². The lowest BCUT2D eigenvalue weighted by atomic mass is 10.1. The smallest absolute Gasteiger partial charge is 0.332 e. The van der Waals surface area contributed by atoms with Crippen LogP contribution in [0, 0.1) is 0 Å². The largest absolute Gasteiger partial charge is 0.493 e. The number of carbonyl (C=O) groups is 3. The second-order valence-corrected chi connectivity index (χ2v) is 10.5. The summed E-state index contributed by atoms with van der Waals surface area (Å²) in [5.41, 5.74) is -0.268. The zero-order chi connectivity index (χ0) is 31.9. The zero-order valence-electron chi connectivity index (χ0n) is 23.6. The zero-order valence-corrected chi connectivity index (χ0v) is 25.1. The highest BCUT2D eigenvalue weighted by Crippen LogP contribution is 2.34. The lowest BCUT2D eigenvalue weighted by Gasteiger charge is -2.25. The van der Waals surface area contributed by atoms with Crippen molar-refractivity contribution in [1.29, 1.82) is 0 Å². The Kier molecular flexibility index (Phi) is 8.17. The van der Waals surface area contributed by atoms with Gasteiger partial charge in [0, 0.05) is 30.7 Å². The molecule has 4 aromatic rings. The molecule has 44 heavy (non-hydrogen) atoms. The number of amides is 4. The molecule has 2 aromatic carbocycles. The van der Waals surface area contributed by atoms with Gasteiger partial charge in [-0.15, -0.1) is 6.58 Å². The van der Waals surface area contributed by atoms with E-state index in [2.05, 4.69) is 16.9 Å². The van der Waals surface area contributed by atoms with Crippen LogP contribution in [0.5, 0.6) is 17.5 Å². The normalized spacial score (nSPS) is 14.3. The van der Waals surface area contributed by atoms with Crippen molar-refractivity contribution in [3.63, 3.8) is 0 Å². The molecule has 15 heteroatoms. The number of hydrogen-bond donors (Lipinski definition) is 1. The van der Waals surface area contributed by atoms with E-state index in [1.54, 1.807) is 24.3 Å². The summed E-state index contributed by atoms with van der Waals surface area (Å²) in [4.78, 5) is 68.5. The molecule has 1 saturated heterocycles. The van der Waals surface area contributed by atoms with Crippen LogP contribution in [-0.2, 0) is 30.2 Å². The Morgan fingerprint density at radius 1 is 1.00 bits per heavy atom. The average Bonchev–Trinajstić information content (AvgIpc) is 3.34. The molecule has 4 amide bonds. The number of imidazole rings is 1. The van der Waals surface area contributed by atoms with E-state index in [4.69, 9.17) is 32.7 Å². The van der Waals surface area contributed by atoms with Crippen molar-refractivity contribution in [2.45, 2.75) is 6.54 Å². The fourth-order valence-electron chi connectivity index (χ4n) is 4.58. The monoisotopic (exact) mass is 638 g/mol. The molecular weight excluding hydrogens is 615 g/mol. The Bertz CT molecular complexity index is 2040. The minimum absolute atomic E-state index is 0.0406. The molecule has 13 nitrogen and oxygen atoms in total. The van der Waals surface area contributed by atoms with Crippen LogP contribution in [0.2, 0.25) is 10.0 Å². The highest BCUT2D eigenvalue weighted by molar-refractivity contribution is 6.35. The second kappa shape index (κ2) is 11.9. The fraction of sp³-hybridized carbons (Fsp3) is 0.172. The number of ether oxygens (including phenoxy) is 2. The molecule has 1 aliphatic rings. The van der Waals surface area contributed by atoms with Crippen LogP contribution in [0.25, 0.3) is 17.2 Å². The summed E-state index contributed by atoms with van der Waals surface area (Å²) < 4.78 is 15.3. The number of nitrogens with zero attached hydrogens (tertiary/aromatic N) is 5. The highest BCUT2D eigenvalue weighted by Gasteiger charge is 2.35. The number of rotatable bonds is 8. The van der Waals surface area contributed by atoms with E-state index in [9.17, 15) is 24.0 Å². The summed E-state index contributed by atoms with van der Waals surface area (Å²) in [5, 5.41) is 2.90. The molecule has 226 valence electrons. The van der Waals surface area contributed by atoms with Crippen molar-refractivity contribution < 1.29 is 23.9 Å². The first-order chi connectivity index (χ1) is 20.9. The average molecular weight is 639 g/mol. The van der Waals surface area contributed by atoms with E-state index in [-0.39, 0.29) is 47.3 Å². The molecule has 0 radical (unpaired) electrons. The van der Waals surface area contributed by atoms with Crippen molar-refractivity contribution in [1.82, 2.24) is 28.9 Å². The van der Waals surface area contributed by atoms with Gasteiger partial charge in [0.05, 0.1) is 13.7 Å². The predicted octanol–water partition coefficient (Wildman–Crippen LogP) is 3.24. The molecule has 1 aliphatic heterocycles. The molecule has 0 spiro atoms. The lowest BCUT2D eigenvalue weighted by molar-refractivity contribution is -0.129. The third-order valence-electron chi connectivity index (χ3n) is 6.85. The van der Waals surface area contributed by atoms with Gasteiger partial charge in [0.1, 0.15) is 5.57 Å². The molecule has 0 aliphatic carbocycles. The molecule has 0 atom stereocenters. The van der Waals surface area contributed by atoms with Crippen molar-refractivity contribution in [2.75, 3.05) is 13.7 Å². The first kappa shape index (κ1) is 30.3. The van der Waals surface area contributed by atoms with Crippen molar-refractivity contribution >= 4 is 58.3 Å². The van der Waals surface area contributed by atoms with Crippen molar-refractivity contribution in [3.8, 4) is 17.5 Å². The van der Waals surface area contributed by atoms with Gasteiger partial charge in [-0.05, 0) is 41.5 Å². The van der Waals surface area contributed by atoms with Gasteiger partial charge in [0.15, 0.2) is 22.7 Å². The number of methoxy groups -OCH3 is 1. The minimum Gasteiger partial charge on any atom is -0.493 e. The van der Waals surface area contributed by atoms with Gasteiger partial charge in [-0.3, -0.25) is 38.3 Å². The van der Waals surface area contributed by atoms with Crippen LogP contribution < -0.4 is 26.0 Å². The van der Waals surface area contributed by atoms with Crippen molar-refractivity contribution in [3.05, 3.63) is 96.6 Å². The molecule has 0 saturated carbocycles. The van der Waals surface area contributed by atoms with Gasteiger partial charge in [-0.2, -0.15) is 4.98 Å². The van der Waals surface area contributed by atoms with Crippen LogP contribution in [0.1, 0.15) is 11.1 Å². The fourth-order valence-corrected chi connectivity index (χ4v) is 5.05. The number of benzene rings is 2. The van der Waals surface area contributed by atoms with Crippen LogP contribution >= 0.6 is 23.2 Å². The van der Waals surface area contributed by atoms with Gasteiger partial charge in [-0.25, -0.2) is 9.59 Å². The number of imide groups is 2. The second-order valence-electron chi connectivity index (χ2n) is 9.63. The number of aromatic nitrogens is 4. The maximum atomic E-state index is 13.3. The number of aryl methyl sites for hydroxylation is 1. The Morgan fingerprint density at radius 3 is 2.43 bits per heavy atom. The quantitative estimate of drug-likeness (QED) is 0.176. The van der Waals surface area contributed by atoms with Gasteiger partial charge in [0.2, 0.25) is 0 Å². The Hall–Kier alpha value is -5.14. The van der Waals surface area contributed by atoms with Crippen LogP contribution in [0.15, 0.2) is 64.2 Å². The molecule has 1 fully saturated rings. The number of barbiturate groups is 1.